The molecule has 2 nitrogen and oxygen atoms in total. The molecule has 4 heteroatoms. The van der Waals surface area contributed by atoms with Crippen LogP contribution in [0.5, 0.6) is 0 Å². The molecule has 1 aromatic rings. The van der Waals surface area contributed by atoms with Crippen LogP contribution in [-0.4, -0.2) is 23.9 Å². The molecule has 0 unspecified atom stereocenters. The highest BCUT2D eigenvalue weighted by Gasteiger charge is 2.14. The number of nitrogens with zero attached hydrogens (tertiary/aromatic N) is 1. The van der Waals surface area contributed by atoms with E-state index in [-0.39, 0.29) is 5.91 Å². The van der Waals surface area contributed by atoms with Gasteiger partial charge in [-0.2, -0.15) is 0 Å². The van der Waals surface area contributed by atoms with Gasteiger partial charge in [-0.3, -0.25) is 4.79 Å². The maximum Gasteiger partial charge on any atom is 0.254 e. The van der Waals surface area contributed by atoms with Crippen molar-refractivity contribution < 1.29 is 4.79 Å². The van der Waals surface area contributed by atoms with Crippen LogP contribution in [0.3, 0.4) is 0 Å². The van der Waals surface area contributed by atoms with Crippen LogP contribution in [-0.2, 0) is 0 Å². The molecular formula is C13H13BrClNO. The molecule has 1 amide bonds. The number of hydrogen-bond donors (Lipinski definition) is 0. The lowest BCUT2D eigenvalue weighted by molar-refractivity contribution is 0.0791. The van der Waals surface area contributed by atoms with Crippen molar-refractivity contribution in [1.82, 2.24) is 4.90 Å². The van der Waals surface area contributed by atoms with Gasteiger partial charge in [0.1, 0.15) is 0 Å². The first kappa shape index (κ1) is 14.0. The van der Waals surface area contributed by atoms with E-state index < -0.39 is 0 Å². The maximum atomic E-state index is 12.1. The van der Waals surface area contributed by atoms with E-state index in [0.29, 0.717) is 23.7 Å². The minimum absolute atomic E-state index is 0.0841. The highest BCUT2D eigenvalue weighted by atomic mass is 79.9. The van der Waals surface area contributed by atoms with Crippen molar-refractivity contribution in [2.45, 2.75) is 0 Å². The Kier molecular flexibility index (Phi) is 5.45. The zero-order chi connectivity index (χ0) is 12.8. The van der Waals surface area contributed by atoms with Crippen molar-refractivity contribution in [2.75, 3.05) is 13.1 Å². The molecule has 1 rings (SSSR count). The van der Waals surface area contributed by atoms with Gasteiger partial charge in [0.15, 0.2) is 0 Å². The van der Waals surface area contributed by atoms with Gasteiger partial charge in [-0.05, 0) is 34.1 Å². The highest BCUT2D eigenvalue weighted by Crippen LogP contribution is 2.23. The second kappa shape index (κ2) is 6.62. The van der Waals surface area contributed by atoms with E-state index in [2.05, 4.69) is 29.1 Å². The number of hydrogen-bond acceptors (Lipinski definition) is 1. The first-order valence-corrected chi connectivity index (χ1v) is 6.23. The molecule has 0 heterocycles. The Morgan fingerprint density at radius 3 is 2.41 bits per heavy atom. The largest absolute Gasteiger partial charge is 0.331 e. The van der Waals surface area contributed by atoms with Crippen molar-refractivity contribution >= 4 is 33.4 Å². The minimum atomic E-state index is -0.0841. The summed E-state index contributed by atoms with van der Waals surface area (Å²) in [6, 6.07) is 5.14. The summed E-state index contributed by atoms with van der Waals surface area (Å²) in [6.07, 6.45) is 3.36. The number of rotatable bonds is 5. The molecule has 1 aromatic carbocycles. The number of carbonyl (C=O) groups is 1. The Labute approximate surface area is 115 Å². The summed E-state index contributed by atoms with van der Waals surface area (Å²) in [5, 5.41) is 0.521. The lowest BCUT2D eigenvalue weighted by Crippen LogP contribution is -2.31. The van der Waals surface area contributed by atoms with E-state index in [1.807, 2.05) is 0 Å². The second-order valence-corrected chi connectivity index (χ2v) is 4.68. The van der Waals surface area contributed by atoms with Gasteiger partial charge in [0.2, 0.25) is 0 Å². The number of benzene rings is 1. The summed E-state index contributed by atoms with van der Waals surface area (Å²) < 4.78 is 0.773. The fraction of sp³-hybridized carbons (Fsp3) is 0.154. The van der Waals surface area contributed by atoms with Gasteiger partial charge in [-0.1, -0.05) is 23.8 Å². The Bertz CT molecular complexity index is 435. The van der Waals surface area contributed by atoms with Crippen molar-refractivity contribution in [3.05, 3.63) is 58.6 Å². The molecule has 0 radical (unpaired) electrons. The normalized spacial score (nSPS) is 9.76. The lowest BCUT2D eigenvalue weighted by atomic mass is 10.2. The number of carbonyl (C=O) groups excluding carboxylic acids is 1. The quantitative estimate of drug-likeness (QED) is 0.754. The van der Waals surface area contributed by atoms with Crippen LogP contribution in [0.4, 0.5) is 0 Å². The number of amides is 1. The molecule has 0 saturated carbocycles. The lowest BCUT2D eigenvalue weighted by Gasteiger charge is -2.19. The van der Waals surface area contributed by atoms with E-state index in [0.717, 1.165) is 4.47 Å². The average Bonchev–Trinajstić information content (AvgIpc) is 2.31. The van der Waals surface area contributed by atoms with Gasteiger partial charge in [-0.25, -0.2) is 0 Å². The SMILES string of the molecule is C=CCN(CC=C)C(=O)c1ccc(Br)c(Cl)c1. The first-order valence-electron chi connectivity index (χ1n) is 5.06. The zero-order valence-corrected chi connectivity index (χ0v) is 11.7. The smallest absolute Gasteiger partial charge is 0.254 e. The average molecular weight is 315 g/mol. The predicted molar refractivity (Wildman–Crippen MR) is 75.4 cm³/mol. The molecule has 0 bridgehead atoms. The van der Waals surface area contributed by atoms with Crippen LogP contribution in [0.2, 0.25) is 5.02 Å². The third-order valence-corrected chi connectivity index (χ3v) is 3.39. The van der Waals surface area contributed by atoms with Crippen molar-refractivity contribution in [2.24, 2.45) is 0 Å². The molecule has 0 N–H and O–H groups in total. The Balaban J connectivity index is 2.95. The van der Waals surface area contributed by atoms with Gasteiger partial charge >= 0.3 is 0 Å². The molecule has 0 aromatic heterocycles. The third kappa shape index (κ3) is 3.72. The standard InChI is InChI=1S/C13H13BrClNO/c1-3-7-16(8-4-2)13(17)10-5-6-11(14)12(15)9-10/h3-6,9H,1-2,7-8H2. The molecule has 0 atom stereocenters. The summed E-state index contributed by atoms with van der Waals surface area (Å²) in [6.45, 7) is 8.23. The van der Waals surface area contributed by atoms with Crippen molar-refractivity contribution in [3.8, 4) is 0 Å². The van der Waals surface area contributed by atoms with E-state index in [9.17, 15) is 4.79 Å². The third-order valence-electron chi connectivity index (χ3n) is 2.15. The topological polar surface area (TPSA) is 20.3 Å². The fourth-order valence-corrected chi connectivity index (χ4v) is 1.79. The fourth-order valence-electron chi connectivity index (χ4n) is 1.36. The second-order valence-electron chi connectivity index (χ2n) is 3.42. The maximum absolute atomic E-state index is 12.1. The Morgan fingerprint density at radius 2 is 1.94 bits per heavy atom. The van der Waals surface area contributed by atoms with Gasteiger partial charge in [0, 0.05) is 23.1 Å². The van der Waals surface area contributed by atoms with Crippen LogP contribution in [0, 0.1) is 0 Å². The molecule has 0 fully saturated rings. The summed E-state index contributed by atoms with van der Waals surface area (Å²) in [4.78, 5) is 13.8. The summed E-state index contributed by atoms with van der Waals surface area (Å²) in [7, 11) is 0. The van der Waals surface area contributed by atoms with Gasteiger partial charge in [0.25, 0.3) is 5.91 Å². The van der Waals surface area contributed by atoms with Gasteiger partial charge in [-0.15, -0.1) is 13.2 Å². The molecule has 0 aliphatic heterocycles. The van der Waals surface area contributed by atoms with Gasteiger partial charge < -0.3 is 4.90 Å². The Morgan fingerprint density at radius 1 is 1.35 bits per heavy atom. The van der Waals surface area contributed by atoms with E-state index >= 15 is 0 Å². The van der Waals surface area contributed by atoms with Crippen molar-refractivity contribution in [3.63, 3.8) is 0 Å². The summed E-state index contributed by atoms with van der Waals surface area (Å²) >= 11 is 9.25. The van der Waals surface area contributed by atoms with Crippen LogP contribution in [0.1, 0.15) is 10.4 Å². The first-order chi connectivity index (χ1) is 8.10. The molecule has 0 saturated heterocycles. The predicted octanol–water partition coefficient (Wildman–Crippen LogP) is 3.92. The van der Waals surface area contributed by atoms with Crippen LogP contribution in [0.25, 0.3) is 0 Å². The Hall–Kier alpha value is -1.06. The van der Waals surface area contributed by atoms with Crippen molar-refractivity contribution in [1.29, 1.82) is 0 Å². The molecule has 90 valence electrons. The van der Waals surface area contributed by atoms with E-state index in [4.69, 9.17) is 11.6 Å². The molecule has 0 spiro atoms. The highest BCUT2D eigenvalue weighted by molar-refractivity contribution is 9.10. The van der Waals surface area contributed by atoms with Crippen LogP contribution >= 0.6 is 27.5 Å². The summed E-state index contributed by atoms with van der Waals surface area (Å²) in [5.41, 5.74) is 0.557. The van der Waals surface area contributed by atoms with Gasteiger partial charge in [0.05, 0.1) is 5.02 Å². The molecule has 17 heavy (non-hydrogen) atoms. The molecule has 0 aliphatic carbocycles. The van der Waals surface area contributed by atoms with Crippen LogP contribution in [0.15, 0.2) is 48.0 Å². The summed E-state index contributed by atoms with van der Waals surface area (Å²) in [5.74, 6) is -0.0841. The van der Waals surface area contributed by atoms with E-state index in [1.165, 1.54) is 0 Å². The number of halogens is 2. The molecule has 0 aliphatic rings. The monoisotopic (exact) mass is 313 g/mol. The minimum Gasteiger partial charge on any atom is -0.331 e. The molecular weight excluding hydrogens is 302 g/mol. The zero-order valence-electron chi connectivity index (χ0n) is 9.33. The van der Waals surface area contributed by atoms with Crippen LogP contribution < -0.4 is 0 Å². The van der Waals surface area contributed by atoms with E-state index in [1.54, 1.807) is 35.3 Å².